The van der Waals surface area contributed by atoms with Crippen LogP contribution in [-0.2, 0) is 13.0 Å². The number of halogens is 2. The van der Waals surface area contributed by atoms with E-state index >= 15 is 0 Å². The highest BCUT2D eigenvalue weighted by Crippen LogP contribution is 2.32. The van der Waals surface area contributed by atoms with Gasteiger partial charge >= 0.3 is 0 Å². The summed E-state index contributed by atoms with van der Waals surface area (Å²) >= 11 is 12.5. The fourth-order valence-electron chi connectivity index (χ4n) is 3.36. The molecule has 0 unspecified atom stereocenters. The Morgan fingerprint density at radius 2 is 2.00 bits per heavy atom. The van der Waals surface area contributed by atoms with Crippen molar-refractivity contribution in [2.45, 2.75) is 39.3 Å². The SMILES string of the molecule is CC(C)n1nc(Cl)c2ccc(COc3ccc4c(c3)CCC=C4Cl)cc21. The van der Waals surface area contributed by atoms with Gasteiger partial charge in [0, 0.05) is 16.5 Å². The minimum absolute atomic E-state index is 0.250. The third kappa shape index (κ3) is 3.22. The number of hydrogen-bond donors (Lipinski definition) is 0. The van der Waals surface area contributed by atoms with Gasteiger partial charge in [-0.3, -0.25) is 4.68 Å². The molecule has 0 amide bonds. The van der Waals surface area contributed by atoms with Crippen LogP contribution in [-0.4, -0.2) is 9.78 Å². The average Bonchev–Trinajstić information content (AvgIpc) is 2.97. The summed E-state index contributed by atoms with van der Waals surface area (Å²) in [7, 11) is 0. The Morgan fingerprint density at radius 3 is 2.81 bits per heavy atom. The second-order valence-corrected chi connectivity index (χ2v) is 7.64. The van der Waals surface area contributed by atoms with Gasteiger partial charge in [-0.15, -0.1) is 0 Å². The molecule has 0 saturated carbocycles. The van der Waals surface area contributed by atoms with Gasteiger partial charge in [-0.05, 0) is 73.7 Å². The predicted octanol–water partition coefficient (Wildman–Crippen LogP) is 6.38. The lowest BCUT2D eigenvalue weighted by Crippen LogP contribution is -2.03. The molecule has 0 saturated heterocycles. The van der Waals surface area contributed by atoms with Crippen LogP contribution < -0.4 is 4.74 Å². The van der Waals surface area contributed by atoms with Gasteiger partial charge in [0.25, 0.3) is 0 Å². The van der Waals surface area contributed by atoms with E-state index < -0.39 is 0 Å². The minimum Gasteiger partial charge on any atom is -0.489 e. The van der Waals surface area contributed by atoms with Gasteiger partial charge in [0.2, 0.25) is 0 Å². The molecule has 3 nitrogen and oxygen atoms in total. The van der Waals surface area contributed by atoms with Crippen molar-refractivity contribution < 1.29 is 4.74 Å². The van der Waals surface area contributed by atoms with Crippen LogP contribution in [0.3, 0.4) is 0 Å². The zero-order chi connectivity index (χ0) is 18.3. The first kappa shape index (κ1) is 17.4. The predicted molar refractivity (Wildman–Crippen MR) is 108 cm³/mol. The highest BCUT2D eigenvalue weighted by Gasteiger charge is 2.13. The third-order valence-corrected chi connectivity index (χ3v) is 5.33. The lowest BCUT2D eigenvalue weighted by Gasteiger charge is -2.15. The van der Waals surface area contributed by atoms with Crippen molar-refractivity contribution in [3.63, 3.8) is 0 Å². The zero-order valence-corrected chi connectivity index (χ0v) is 16.3. The maximum atomic E-state index is 6.27. The highest BCUT2D eigenvalue weighted by atomic mass is 35.5. The molecule has 0 radical (unpaired) electrons. The van der Waals surface area contributed by atoms with Gasteiger partial charge < -0.3 is 4.74 Å². The van der Waals surface area contributed by atoms with Crippen molar-refractivity contribution in [1.29, 1.82) is 0 Å². The van der Waals surface area contributed by atoms with Crippen molar-refractivity contribution in [2.24, 2.45) is 0 Å². The summed E-state index contributed by atoms with van der Waals surface area (Å²) in [5.41, 5.74) is 4.48. The smallest absolute Gasteiger partial charge is 0.158 e. The Bertz CT molecular complexity index is 1000. The van der Waals surface area contributed by atoms with Gasteiger partial charge in [-0.25, -0.2) is 0 Å². The second-order valence-electron chi connectivity index (χ2n) is 6.88. The van der Waals surface area contributed by atoms with Crippen molar-refractivity contribution >= 4 is 39.1 Å². The third-order valence-electron chi connectivity index (χ3n) is 4.69. The molecule has 0 atom stereocenters. The van der Waals surface area contributed by atoms with Crippen LogP contribution in [0.1, 0.15) is 43.0 Å². The van der Waals surface area contributed by atoms with Gasteiger partial charge in [0.1, 0.15) is 12.4 Å². The van der Waals surface area contributed by atoms with Crippen LogP contribution >= 0.6 is 23.2 Å². The molecule has 1 aliphatic carbocycles. The van der Waals surface area contributed by atoms with E-state index in [1.54, 1.807) is 0 Å². The number of fused-ring (bicyclic) bond motifs is 2. The molecule has 3 aromatic rings. The van der Waals surface area contributed by atoms with Gasteiger partial charge in [-0.1, -0.05) is 35.3 Å². The molecule has 0 fully saturated rings. The Morgan fingerprint density at radius 1 is 1.15 bits per heavy atom. The Labute approximate surface area is 163 Å². The van der Waals surface area contributed by atoms with E-state index in [1.165, 1.54) is 5.56 Å². The summed E-state index contributed by atoms with van der Waals surface area (Å²) in [5, 5.41) is 6.78. The maximum Gasteiger partial charge on any atom is 0.158 e. The molecule has 0 bridgehead atoms. The normalized spacial score (nSPS) is 13.8. The Hall–Kier alpha value is -1.97. The summed E-state index contributed by atoms with van der Waals surface area (Å²) in [6, 6.07) is 12.5. The van der Waals surface area contributed by atoms with Crippen LogP contribution in [0.4, 0.5) is 0 Å². The van der Waals surface area contributed by atoms with E-state index in [9.17, 15) is 0 Å². The van der Waals surface area contributed by atoms with Crippen molar-refractivity contribution in [1.82, 2.24) is 9.78 Å². The molecule has 0 N–H and O–H groups in total. The largest absolute Gasteiger partial charge is 0.489 e. The molecule has 1 aromatic heterocycles. The molecule has 134 valence electrons. The number of allylic oxidation sites excluding steroid dienone is 1. The first-order chi connectivity index (χ1) is 12.5. The Kier molecular flexibility index (Phi) is 4.68. The fourth-order valence-corrected chi connectivity index (χ4v) is 3.89. The molecule has 0 spiro atoms. The van der Waals surface area contributed by atoms with Crippen molar-refractivity contribution in [3.05, 3.63) is 64.3 Å². The molecule has 26 heavy (non-hydrogen) atoms. The average molecular weight is 387 g/mol. The summed E-state index contributed by atoms with van der Waals surface area (Å²) in [6.07, 6.45) is 4.05. The van der Waals surface area contributed by atoms with Crippen molar-refractivity contribution in [3.8, 4) is 5.75 Å². The second kappa shape index (κ2) is 6.98. The van der Waals surface area contributed by atoms with E-state index in [0.717, 1.165) is 45.7 Å². The first-order valence-electron chi connectivity index (χ1n) is 8.81. The van der Waals surface area contributed by atoms with E-state index in [1.807, 2.05) is 28.9 Å². The summed E-state index contributed by atoms with van der Waals surface area (Å²) < 4.78 is 7.98. The quantitative estimate of drug-likeness (QED) is 0.520. The van der Waals surface area contributed by atoms with Crippen LogP contribution in [0, 0.1) is 0 Å². The van der Waals surface area contributed by atoms with Crippen LogP contribution in [0.2, 0.25) is 5.15 Å². The lowest BCUT2D eigenvalue weighted by molar-refractivity contribution is 0.306. The summed E-state index contributed by atoms with van der Waals surface area (Å²) in [5.74, 6) is 0.866. The molecule has 1 aliphatic rings. The lowest BCUT2D eigenvalue weighted by atomic mass is 9.97. The monoisotopic (exact) mass is 386 g/mol. The topological polar surface area (TPSA) is 27.1 Å². The molecule has 4 rings (SSSR count). The van der Waals surface area contributed by atoms with Crippen LogP contribution in [0.5, 0.6) is 5.75 Å². The molecule has 2 aromatic carbocycles. The fraction of sp³-hybridized carbons (Fsp3) is 0.286. The number of rotatable bonds is 4. The Balaban J connectivity index is 1.57. The van der Waals surface area contributed by atoms with Gasteiger partial charge in [0.15, 0.2) is 5.15 Å². The number of hydrogen-bond acceptors (Lipinski definition) is 2. The van der Waals surface area contributed by atoms with Crippen LogP contribution in [0.25, 0.3) is 15.9 Å². The molecule has 1 heterocycles. The van der Waals surface area contributed by atoms with E-state index in [4.69, 9.17) is 27.9 Å². The number of benzene rings is 2. The molecule has 0 aliphatic heterocycles. The van der Waals surface area contributed by atoms with Crippen molar-refractivity contribution in [2.75, 3.05) is 0 Å². The highest BCUT2D eigenvalue weighted by molar-refractivity contribution is 6.49. The molecular formula is C21H20Cl2N2O. The standard InChI is InChI=1S/C21H20Cl2N2O/c1-13(2)25-20-10-14(6-8-18(20)21(23)24-25)12-26-16-7-9-17-15(11-16)4-3-5-19(17)22/h5-11,13H,3-4,12H2,1-2H3. The van der Waals surface area contributed by atoms with Gasteiger partial charge in [-0.2, -0.15) is 5.10 Å². The number of nitrogens with zero attached hydrogens (tertiary/aromatic N) is 2. The van der Waals surface area contributed by atoms with Crippen LogP contribution in [0.15, 0.2) is 42.5 Å². The molecule has 5 heteroatoms. The number of aromatic nitrogens is 2. The minimum atomic E-state index is 0.250. The number of ether oxygens (including phenoxy) is 1. The molecular weight excluding hydrogens is 367 g/mol. The maximum absolute atomic E-state index is 6.27. The van der Waals surface area contributed by atoms with E-state index in [2.05, 4.69) is 37.2 Å². The van der Waals surface area contributed by atoms with E-state index in [-0.39, 0.29) is 6.04 Å². The van der Waals surface area contributed by atoms with E-state index in [0.29, 0.717) is 11.8 Å². The first-order valence-corrected chi connectivity index (χ1v) is 9.57. The summed E-state index contributed by atoms with van der Waals surface area (Å²) in [6.45, 7) is 4.69. The number of aryl methyl sites for hydroxylation is 1. The summed E-state index contributed by atoms with van der Waals surface area (Å²) in [4.78, 5) is 0. The zero-order valence-electron chi connectivity index (χ0n) is 14.8. The van der Waals surface area contributed by atoms with Gasteiger partial charge in [0.05, 0.1) is 5.52 Å².